The van der Waals surface area contributed by atoms with Gasteiger partial charge in [0.2, 0.25) is 0 Å². The maximum Gasteiger partial charge on any atom is 0.264 e. The zero-order chi connectivity index (χ0) is 48.3. The molecule has 0 fully saturated rings. The van der Waals surface area contributed by atoms with Gasteiger partial charge in [-0.2, -0.15) is 0 Å². The lowest BCUT2D eigenvalue weighted by Gasteiger charge is -2.44. The molecule has 0 saturated heterocycles. The molecule has 0 atom stereocenters. The number of thiophene rings is 1. The van der Waals surface area contributed by atoms with Crippen molar-refractivity contribution in [2.24, 2.45) is 0 Å². The van der Waals surface area contributed by atoms with Gasteiger partial charge in [-0.05, 0) is 132 Å². The highest BCUT2D eigenvalue weighted by atomic mass is 32.1. The van der Waals surface area contributed by atoms with Crippen molar-refractivity contribution in [2.45, 2.75) is 97.8 Å². The quantitative estimate of drug-likeness (QED) is 0.164. The predicted molar refractivity (Wildman–Crippen MR) is 275 cm³/mol. The third-order valence-electron chi connectivity index (χ3n) is 14.0. The number of anilines is 6. The molecule has 1 aliphatic carbocycles. The van der Waals surface area contributed by atoms with E-state index in [2.05, 4.69) is 201 Å². The standard InChI is InChI=1S/C59H57BN2S/c1-56(2,3)38-21-26-41(27-22-38)61-49-30-25-40(58(7,8)9)33-48(49)60-53-50(61)31-37(36-17-13-12-14-18-36)32-51(53)62(42-28-23-39(24-29-42)57(4,5)6)54-45-34-44-43-19-15-16-20-46(43)59(10,11)47(44)35-52(45)63-55(54)60/h12-35H,1-11H3/i12D,13D,14D,17D,18D. The van der Waals surface area contributed by atoms with Gasteiger partial charge >= 0.3 is 0 Å². The second-order valence-electron chi connectivity index (χ2n) is 21.5. The fourth-order valence-electron chi connectivity index (χ4n) is 10.5. The van der Waals surface area contributed by atoms with Gasteiger partial charge in [-0.15, -0.1) is 11.3 Å². The predicted octanol–water partition coefficient (Wildman–Crippen LogP) is 14.8. The van der Waals surface area contributed by atoms with Gasteiger partial charge in [0.15, 0.2) is 0 Å². The van der Waals surface area contributed by atoms with Crippen LogP contribution in [0.25, 0.3) is 32.3 Å². The highest BCUT2D eigenvalue weighted by Crippen LogP contribution is 2.54. The summed E-state index contributed by atoms with van der Waals surface area (Å²) < 4.78 is 47.5. The Balaban J connectivity index is 1.30. The van der Waals surface area contributed by atoms with Gasteiger partial charge in [-0.25, -0.2) is 0 Å². The number of fused-ring (bicyclic) bond motifs is 9. The van der Waals surface area contributed by atoms with E-state index in [9.17, 15) is 2.74 Å². The van der Waals surface area contributed by atoms with Crippen molar-refractivity contribution in [3.63, 3.8) is 0 Å². The number of nitrogens with zero attached hydrogens (tertiary/aromatic N) is 2. The molecular formula is C59H57BN2S. The van der Waals surface area contributed by atoms with E-state index < -0.39 is 6.04 Å². The van der Waals surface area contributed by atoms with Crippen LogP contribution in [0.15, 0.2) is 145 Å². The lowest BCUT2D eigenvalue weighted by atomic mass is 9.36. The second-order valence-corrected chi connectivity index (χ2v) is 22.6. The molecule has 4 heteroatoms. The van der Waals surface area contributed by atoms with E-state index in [-0.39, 0.29) is 58.1 Å². The van der Waals surface area contributed by atoms with E-state index in [1.165, 1.54) is 59.3 Å². The molecule has 0 bridgehead atoms. The first-order valence-electron chi connectivity index (χ1n) is 24.9. The molecule has 0 unspecified atom stereocenters. The van der Waals surface area contributed by atoms with E-state index >= 15 is 0 Å². The van der Waals surface area contributed by atoms with Crippen molar-refractivity contribution in [1.29, 1.82) is 0 Å². The topological polar surface area (TPSA) is 6.48 Å². The molecule has 0 saturated carbocycles. The smallest absolute Gasteiger partial charge is 0.264 e. The number of hydrogen-bond acceptors (Lipinski definition) is 3. The molecule has 11 rings (SSSR count). The van der Waals surface area contributed by atoms with Gasteiger partial charge < -0.3 is 9.80 Å². The van der Waals surface area contributed by atoms with Crippen LogP contribution in [0.1, 0.15) is 111 Å². The number of benzene rings is 7. The largest absolute Gasteiger partial charge is 0.311 e. The summed E-state index contributed by atoms with van der Waals surface area (Å²) in [6.07, 6.45) is 0. The van der Waals surface area contributed by atoms with Crippen LogP contribution in [-0.2, 0) is 21.7 Å². The van der Waals surface area contributed by atoms with E-state index in [0.717, 1.165) is 39.6 Å². The molecule has 1 aromatic heterocycles. The highest BCUT2D eigenvalue weighted by molar-refractivity contribution is 7.33. The first-order chi connectivity index (χ1) is 32.0. The average Bonchev–Trinajstić information content (AvgIpc) is 3.77. The van der Waals surface area contributed by atoms with Gasteiger partial charge in [-0.3, -0.25) is 0 Å². The third kappa shape index (κ3) is 6.11. The fourth-order valence-corrected chi connectivity index (χ4v) is 11.8. The zero-order valence-electron chi connectivity index (χ0n) is 43.3. The minimum atomic E-state index is -0.403. The molecule has 2 aliphatic heterocycles. The molecule has 8 aromatic rings. The van der Waals surface area contributed by atoms with Crippen molar-refractivity contribution >= 4 is 78.0 Å². The molecule has 312 valence electrons. The molecule has 3 heterocycles. The Bertz CT molecular complexity index is 3410. The van der Waals surface area contributed by atoms with Crippen LogP contribution in [0, 0.1) is 0 Å². The minimum Gasteiger partial charge on any atom is -0.311 e. The van der Waals surface area contributed by atoms with E-state index in [4.69, 9.17) is 4.11 Å². The Morgan fingerprint density at radius 2 is 1.11 bits per heavy atom. The van der Waals surface area contributed by atoms with Crippen LogP contribution < -0.4 is 25.5 Å². The summed E-state index contributed by atoms with van der Waals surface area (Å²) in [5.41, 5.74) is 17.6. The molecular weight excluding hydrogens is 780 g/mol. The number of hydrogen-bond donors (Lipinski definition) is 0. The molecule has 7 aromatic carbocycles. The maximum atomic E-state index is 9.35. The monoisotopic (exact) mass is 841 g/mol. The van der Waals surface area contributed by atoms with Crippen molar-refractivity contribution in [2.75, 3.05) is 9.80 Å². The summed E-state index contributed by atoms with van der Waals surface area (Å²) in [6, 6.07) is 41.2. The van der Waals surface area contributed by atoms with E-state index in [1.807, 2.05) is 11.3 Å². The van der Waals surface area contributed by atoms with Crippen molar-refractivity contribution < 1.29 is 6.85 Å². The lowest BCUT2D eigenvalue weighted by Crippen LogP contribution is -2.60. The van der Waals surface area contributed by atoms with Crippen LogP contribution in [0.5, 0.6) is 0 Å². The minimum absolute atomic E-state index is 0.0523. The number of rotatable bonds is 3. The summed E-state index contributed by atoms with van der Waals surface area (Å²) in [4.78, 5) is 4.78. The molecule has 63 heavy (non-hydrogen) atoms. The van der Waals surface area contributed by atoms with Crippen molar-refractivity contribution in [1.82, 2.24) is 0 Å². The van der Waals surface area contributed by atoms with Gasteiger partial charge in [-0.1, -0.05) is 167 Å². The highest BCUT2D eigenvalue weighted by Gasteiger charge is 2.47. The molecule has 0 amide bonds. The Kier molecular flexibility index (Phi) is 7.47. The molecule has 0 radical (unpaired) electrons. The molecule has 2 nitrogen and oxygen atoms in total. The molecule has 3 aliphatic rings. The zero-order valence-corrected chi connectivity index (χ0v) is 39.2. The van der Waals surface area contributed by atoms with Crippen molar-refractivity contribution in [3.8, 4) is 22.3 Å². The van der Waals surface area contributed by atoms with Crippen molar-refractivity contribution in [3.05, 3.63) is 173 Å². The Hall–Kier alpha value is -5.84. The third-order valence-corrected chi connectivity index (χ3v) is 15.2. The summed E-state index contributed by atoms with van der Waals surface area (Å²) in [5.74, 6) is 0. The summed E-state index contributed by atoms with van der Waals surface area (Å²) >= 11 is 1.89. The fraction of sp³-hybridized carbons (Fsp3) is 0.254. The van der Waals surface area contributed by atoms with E-state index in [0.29, 0.717) is 5.56 Å². The van der Waals surface area contributed by atoms with Crippen LogP contribution in [0.4, 0.5) is 34.1 Å². The maximum absolute atomic E-state index is 9.35. The first-order valence-corrected chi connectivity index (χ1v) is 23.2. The molecule has 0 N–H and O–H groups in total. The van der Waals surface area contributed by atoms with E-state index in [1.54, 1.807) is 0 Å². The normalized spacial score (nSPS) is 16.0. The van der Waals surface area contributed by atoms with Gasteiger partial charge in [0.05, 0.1) is 12.5 Å². The first kappa shape index (κ1) is 34.6. The Morgan fingerprint density at radius 1 is 0.540 bits per heavy atom. The SMILES string of the molecule is [2H]c1c([2H])c([2H])c(-c2cc3c4c(c2)N(c2ccc(C(C)(C)C)cc2)c2c(sc5cc6c(cc25)-c2ccccc2C6(C)C)B4c2cc(C(C)(C)C)ccc2N3c2ccc(C(C)(C)C)cc2)c([2H])c1[2H]. The van der Waals surface area contributed by atoms with Crippen LogP contribution in [-0.4, -0.2) is 6.71 Å². The van der Waals surface area contributed by atoms with Gasteiger partial charge in [0, 0.05) is 48.7 Å². The summed E-state index contributed by atoms with van der Waals surface area (Å²) in [5, 5.41) is 1.17. The van der Waals surface area contributed by atoms with Gasteiger partial charge in [0.1, 0.15) is 0 Å². The van der Waals surface area contributed by atoms with Crippen LogP contribution in [0.3, 0.4) is 0 Å². The Labute approximate surface area is 386 Å². The molecule has 0 spiro atoms. The average molecular weight is 842 g/mol. The summed E-state index contributed by atoms with van der Waals surface area (Å²) in [7, 11) is 0. The van der Waals surface area contributed by atoms with Crippen LogP contribution in [0.2, 0.25) is 0 Å². The lowest BCUT2D eigenvalue weighted by molar-refractivity contribution is 0.590. The van der Waals surface area contributed by atoms with Crippen LogP contribution >= 0.6 is 11.3 Å². The Morgan fingerprint density at radius 3 is 1.73 bits per heavy atom. The second kappa shape index (κ2) is 13.6. The summed E-state index contributed by atoms with van der Waals surface area (Å²) in [6.45, 7) is 24.8. The van der Waals surface area contributed by atoms with Gasteiger partial charge in [0.25, 0.3) is 6.71 Å².